The molecule has 0 spiro atoms. The van der Waals surface area contributed by atoms with Gasteiger partial charge >= 0.3 is 0 Å². The van der Waals surface area contributed by atoms with Gasteiger partial charge in [0, 0.05) is 53.7 Å². The molecule has 2 nitrogen and oxygen atoms in total. The van der Waals surface area contributed by atoms with Crippen molar-refractivity contribution in [2.75, 3.05) is 4.90 Å². The summed E-state index contributed by atoms with van der Waals surface area (Å²) in [5.41, 5.74) is 11.9. The van der Waals surface area contributed by atoms with Crippen LogP contribution in [-0.2, 0) is 0 Å². The lowest BCUT2D eigenvalue weighted by atomic mass is 9.88. The van der Waals surface area contributed by atoms with Crippen LogP contribution in [0, 0.1) is 0 Å². The lowest BCUT2D eigenvalue weighted by Gasteiger charge is -2.25. The summed E-state index contributed by atoms with van der Waals surface area (Å²) in [6, 6.07) is 80.4. The van der Waals surface area contributed by atoms with E-state index >= 15 is 0 Å². The lowest BCUT2D eigenvalue weighted by Crippen LogP contribution is -2.09. The summed E-state index contributed by atoms with van der Waals surface area (Å²) in [5, 5.41) is 12.9. The van der Waals surface area contributed by atoms with E-state index in [1.165, 1.54) is 102 Å². The van der Waals surface area contributed by atoms with Crippen molar-refractivity contribution in [3.05, 3.63) is 218 Å². The van der Waals surface area contributed by atoms with Crippen molar-refractivity contribution in [1.29, 1.82) is 0 Å². The topological polar surface area (TPSA) is 8.17 Å². The second-order valence-corrected chi connectivity index (χ2v) is 17.2. The number of rotatable bonds is 6. The van der Waals surface area contributed by atoms with E-state index in [4.69, 9.17) is 0 Å². The summed E-state index contributed by atoms with van der Waals surface area (Å²) in [7, 11) is 0. The highest BCUT2D eigenvalue weighted by Crippen LogP contribution is 2.46. The molecule has 61 heavy (non-hydrogen) atoms. The molecule has 284 valence electrons. The average molecular weight is 793 g/mol. The van der Waals surface area contributed by atoms with Crippen molar-refractivity contribution in [2.45, 2.75) is 0 Å². The molecule has 0 amide bonds. The van der Waals surface area contributed by atoms with Crippen LogP contribution in [0.5, 0.6) is 0 Å². The van der Waals surface area contributed by atoms with Gasteiger partial charge in [0.25, 0.3) is 0 Å². The number of thiophene rings is 1. The van der Waals surface area contributed by atoms with Gasteiger partial charge < -0.3 is 9.47 Å². The fraction of sp³-hybridized carbons (Fsp3) is 0. The molecule has 0 N–H and O–H groups in total. The summed E-state index contributed by atoms with van der Waals surface area (Å²) in [6.45, 7) is 0. The van der Waals surface area contributed by atoms with Gasteiger partial charge in [-0.1, -0.05) is 140 Å². The number of anilines is 3. The Hall–Kier alpha value is -7.72. The van der Waals surface area contributed by atoms with Gasteiger partial charge in [-0.05, 0) is 133 Å². The maximum Gasteiger partial charge on any atom is 0.0553 e. The van der Waals surface area contributed by atoms with Gasteiger partial charge in [0.05, 0.1) is 11.0 Å². The average Bonchev–Trinajstić information content (AvgIpc) is 3.87. The predicted octanol–water partition coefficient (Wildman–Crippen LogP) is 16.9. The number of para-hydroxylation sites is 3. The Labute approximate surface area is 356 Å². The number of fused-ring (bicyclic) bond motifs is 7. The Kier molecular flexibility index (Phi) is 7.51. The maximum atomic E-state index is 2.46. The number of benzene rings is 11. The number of aromatic nitrogens is 1. The van der Waals surface area contributed by atoms with Gasteiger partial charge in [-0.15, -0.1) is 11.3 Å². The first-order chi connectivity index (χ1) is 30.2. The minimum Gasteiger partial charge on any atom is -0.311 e. The fourth-order valence-electron chi connectivity index (χ4n) is 9.96. The Morgan fingerprint density at radius 1 is 0.328 bits per heavy atom. The fourth-order valence-corrected chi connectivity index (χ4v) is 11.1. The molecule has 0 unspecified atom stereocenters. The molecule has 11 aromatic carbocycles. The molecule has 13 rings (SSSR count). The number of hydrogen-bond donors (Lipinski definition) is 0. The molecule has 2 heterocycles. The molecular formula is C58H36N2S. The van der Waals surface area contributed by atoms with Crippen molar-refractivity contribution in [3.63, 3.8) is 0 Å². The Balaban J connectivity index is 1.01. The molecule has 0 aliphatic carbocycles. The molecule has 0 atom stereocenters. The number of nitrogens with zero attached hydrogens (tertiary/aromatic N) is 2. The Bertz CT molecular complexity index is 3750. The van der Waals surface area contributed by atoms with Crippen molar-refractivity contribution >= 4 is 103 Å². The molecule has 3 heteroatoms. The summed E-state index contributed by atoms with van der Waals surface area (Å²) in [6.07, 6.45) is 0. The second kappa shape index (κ2) is 13.4. The van der Waals surface area contributed by atoms with Gasteiger partial charge in [0.2, 0.25) is 0 Å². The molecule has 2 aromatic heterocycles. The van der Waals surface area contributed by atoms with E-state index in [2.05, 4.69) is 228 Å². The smallest absolute Gasteiger partial charge is 0.0553 e. The van der Waals surface area contributed by atoms with Gasteiger partial charge in [0.15, 0.2) is 0 Å². The third-order valence-electron chi connectivity index (χ3n) is 12.7. The summed E-state index contributed by atoms with van der Waals surface area (Å²) < 4.78 is 5.11. The first-order valence-electron chi connectivity index (χ1n) is 20.9. The van der Waals surface area contributed by atoms with Crippen molar-refractivity contribution < 1.29 is 0 Å². The van der Waals surface area contributed by atoms with Crippen molar-refractivity contribution in [2.24, 2.45) is 0 Å². The predicted molar refractivity (Wildman–Crippen MR) is 263 cm³/mol. The third-order valence-corrected chi connectivity index (χ3v) is 13.8. The van der Waals surface area contributed by atoms with Gasteiger partial charge in [-0.25, -0.2) is 0 Å². The van der Waals surface area contributed by atoms with E-state index in [0.717, 1.165) is 17.1 Å². The highest BCUT2D eigenvalue weighted by atomic mass is 32.1. The highest BCUT2D eigenvalue weighted by Gasteiger charge is 2.21. The quantitative estimate of drug-likeness (QED) is 0.152. The Morgan fingerprint density at radius 2 is 0.902 bits per heavy atom. The largest absolute Gasteiger partial charge is 0.311 e. The standard InChI is InChI=1S/C58H36N2S/c1-4-12-42(13-5-1)59(43-14-6-2-7-15-43)45-27-20-37(21-28-45)46-29-22-38-23-32-50-57-41(25-31-49(46)56(38)57)35-53-58(50)51-34-39(26-33-52(51)60(53)44-16-8-3-9-17-44)40-24-30-48-47-18-10-11-19-54(47)61-55(48)36-40/h1-36H. The van der Waals surface area contributed by atoms with Gasteiger partial charge in [-0.3, -0.25) is 0 Å². The lowest BCUT2D eigenvalue weighted by molar-refractivity contribution is 1.18. The second-order valence-electron chi connectivity index (χ2n) is 16.1. The SMILES string of the molecule is c1ccc(N(c2ccccc2)c2ccc(-c3ccc4ccc5c6c(ccc3c46)cc3c5c4cc(-c5ccc6c(c5)sc5ccccc56)ccc4n3-c3ccccc3)cc2)cc1. The molecule has 13 aromatic rings. The minimum atomic E-state index is 1.12. The van der Waals surface area contributed by atoms with E-state index < -0.39 is 0 Å². The molecule has 0 saturated heterocycles. The van der Waals surface area contributed by atoms with E-state index in [1.807, 2.05) is 11.3 Å². The van der Waals surface area contributed by atoms with Crippen LogP contribution in [0.4, 0.5) is 17.1 Å². The maximum absolute atomic E-state index is 2.46. The summed E-state index contributed by atoms with van der Waals surface area (Å²) >= 11 is 1.88. The molecule has 0 fully saturated rings. The van der Waals surface area contributed by atoms with Crippen molar-refractivity contribution in [3.8, 4) is 27.9 Å². The molecule has 0 aliphatic rings. The van der Waals surface area contributed by atoms with E-state index in [9.17, 15) is 0 Å². The first-order valence-corrected chi connectivity index (χ1v) is 21.7. The molecule has 0 aliphatic heterocycles. The molecule has 0 saturated carbocycles. The van der Waals surface area contributed by atoms with Crippen LogP contribution in [0.25, 0.3) is 102 Å². The highest BCUT2D eigenvalue weighted by molar-refractivity contribution is 7.25. The van der Waals surface area contributed by atoms with E-state index in [0.29, 0.717) is 0 Å². The van der Waals surface area contributed by atoms with Crippen LogP contribution in [0.2, 0.25) is 0 Å². The number of hydrogen-bond acceptors (Lipinski definition) is 2. The minimum absolute atomic E-state index is 1.12. The van der Waals surface area contributed by atoms with Gasteiger partial charge in [-0.2, -0.15) is 0 Å². The molecule has 0 bridgehead atoms. The zero-order valence-electron chi connectivity index (χ0n) is 33.1. The third kappa shape index (κ3) is 5.28. The monoisotopic (exact) mass is 792 g/mol. The van der Waals surface area contributed by atoms with E-state index in [-0.39, 0.29) is 0 Å². The van der Waals surface area contributed by atoms with Crippen LogP contribution in [0.15, 0.2) is 218 Å². The summed E-state index contributed by atoms with van der Waals surface area (Å²) in [5.74, 6) is 0. The van der Waals surface area contributed by atoms with Crippen LogP contribution in [-0.4, -0.2) is 4.57 Å². The van der Waals surface area contributed by atoms with E-state index in [1.54, 1.807) is 0 Å². The molecular weight excluding hydrogens is 757 g/mol. The zero-order valence-corrected chi connectivity index (χ0v) is 33.9. The van der Waals surface area contributed by atoms with Crippen LogP contribution < -0.4 is 4.90 Å². The Morgan fingerprint density at radius 3 is 1.69 bits per heavy atom. The van der Waals surface area contributed by atoms with Crippen LogP contribution in [0.3, 0.4) is 0 Å². The summed E-state index contributed by atoms with van der Waals surface area (Å²) in [4.78, 5) is 2.32. The van der Waals surface area contributed by atoms with Crippen molar-refractivity contribution in [1.82, 2.24) is 4.57 Å². The zero-order chi connectivity index (χ0) is 40.0. The normalized spacial score (nSPS) is 11.9. The first kappa shape index (κ1) is 34.2. The molecule has 0 radical (unpaired) electrons. The van der Waals surface area contributed by atoms with Gasteiger partial charge in [0.1, 0.15) is 0 Å². The van der Waals surface area contributed by atoms with Crippen LogP contribution >= 0.6 is 11.3 Å². The van der Waals surface area contributed by atoms with Crippen LogP contribution in [0.1, 0.15) is 0 Å².